The van der Waals surface area contributed by atoms with E-state index in [9.17, 15) is 4.79 Å². The predicted molar refractivity (Wildman–Crippen MR) is 66.2 cm³/mol. The Morgan fingerprint density at radius 2 is 2.12 bits per heavy atom. The third-order valence-corrected chi connectivity index (χ3v) is 2.35. The van der Waals surface area contributed by atoms with Crippen LogP contribution in [0.2, 0.25) is 0 Å². The summed E-state index contributed by atoms with van der Waals surface area (Å²) in [6.07, 6.45) is 4.57. The van der Waals surface area contributed by atoms with E-state index in [0.29, 0.717) is 0 Å². The van der Waals surface area contributed by atoms with Gasteiger partial charge in [0, 0.05) is 12.7 Å². The van der Waals surface area contributed by atoms with E-state index in [2.05, 4.69) is 19.2 Å². The molecule has 16 heavy (non-hydrogen) atoms. The molecular formula is C13H21NO2. The minimum atomic E-state index is -0.811. The minimum Gasteiger partial charge on any atom is -0.480 e. The maximum absolute atomic E-state index is 10.7. The second-order valence-electron chi connectivity index (χ2n) is 3.67. The summed E-state index contributed by atoms with van der Waals surface area (Å²) >= 11 is 0. The van der Waals surface area contributed by atoms with Crippen LogP contribution in [0.25, 0.3) is 0 Å². The van der Waals surface area contributed by atoms with E-state index >= 15 is 0 Å². The zero-order valence-corrected chi connectivity index (χ0v) is 10.4. The quantitative estimate of drug-likeness (QED) is 0.533. The molecule has 0 unspecified atom stereocenters. The van der Waals surface area contributed by atoms with Crippen molar-refractivity contribution in [2.45, 2.75) is 33.1 Å². The second kappa shape index (κ2) is 7.77. The van der Waals surface area contributed by atoms with Crippen molar-refractivity contribution in [3.63, 3.8) is 0 Å². The zero-order valence-electron chi connectivity index (χ0n) is 10.4. The first-order valence-corrected chi connectivity index (χ1v) is 5.57. The summed E-state index contributed by atoms with van der Waals surface area (Å²) in [4.78, 5) is 12.5. The van der Waals surface area contributed by atoms with Crippen LogP contribution in [-0.4, -0.2) is 29.6 Å². The molecule has 0 saturated heterocycles. The number of carboxylic acid groups (broad SMARTS) is 1. The van der Waals surface area contributed by atoms with Crippen molar-refractivity contribution in [1.82, 2.24) is 4.90 Å². The highest BCUT2D eigenvalue weighted by Crippen LogP contribution is 2.18. The van der Waals surface area contributed by atoms with Gasteiger partial charge in [0.05, 0.1) is 0 Å². The van der Waals surface area contributed by atoms with Gasteiger partial charge in [-0.25, -0.2) is 0 Å². The van der Waals surface area contributed by atoms with Crippen molar-refractivity contribution in [1.29, 1.82) is 0 Å². The average Bonchev–Trinajstić information content (AvgIpc) is 2.22. The molecule has 0 aromatic rings. The minimum absolute atomic E-state index is 0.0316. The molecule has 0 aliphatic heterocycles. The first-order valence-electron chi connectivity index (χ1n) is 5.57. The number of aliphatic carboxylic acids is 1. The van der Waals surface area contributed by atoms with Crippen LogP contribution >= 0.6 is 0 Å². The molecule has 0 heterocycles. The van der Waals surface area contributed by atoms with Crippen LogP contribution in [0.15, 0.2) is 29.7 Å². The van der Waals surface area contributed by atoms with Crippen molar-refractivity contribution >= 4 is 5.97 Å². The van der Waals surface area contributed by atoms with Crippen LogP contribution in [0.3, 0.4) is 0 Å². The maximum Gasteiger partial charge on any atom is 0.323 e. The van der Waals surface area contributed by atoms with E-state index in [4.69, 9.17) is 5.11 Å². The summed E-state index contributed by atoms with van der Waals surface area (Å²) in [7, 11) is 1.81. The van der Waals surface area contributed by atoms with Crippen molar-refractivity contribution in [3.8, 4) is 0 Å². The van der Waals surface area contributed by atoms with Crippen molar-refractivity contribution in [2.75, 3.05) is 13.6 Å². The van der Waals surface area contributed by atoms with E-state index in [-0.39, 0.29) is 6.54 Å². The zero-order chi connectivity index (χ0) is 12.6. The third kappa shape index (κ3) is 4.85. The van der Waals surface area contributed by atoms with Gasteiger partial charge in [-0.3, -0.25) is 4.79 Å². The van der Waals surface area contributed by atoms with Gasteiger partial charge in [0.15, 0.2) is 0 Å². The lowest BCUT2D eigenvalue weighted by Crippen LogP contribution is -2.26. The smallest absolute Gasteiger partial charge is 0.323 e. The Bertz CT molecular complexity index is 312. The normalized spacial score (nSPS) is 11.4. The van der Waals surface area contributed by atoms with Crippen LogP contribution in [0.1, 0.15) is 33.1 Å². The number of carboxylic acids is 1. The molecule has 3 nitrogen and oxygen atoms in total. The van der Waals surface area contributed by atoms with E-state index in [0.717, 1.165) is 30.5 Å². The van der Waals surface area contributed by atoms with E-state index in [1.54, 1.807) is 4.90 Å². The number of hydrogen-bond donors (Lipinski definition) is 1. The highest BCUT2D eigenvalue weighted by molar-refractivity contribution is 5.69. The lowest BCUT2D eigenvalue weighted by atomic mass is 10.1. The fourth-order valence-corrected chi connectivity index (χ4v) is 1.64. The first-order chi connectivity index (χ1) is 7.56. The van der Waals surface area contributed by atoms with Gasteiger partial charge in [-0.1, -0.05) is 26.8 Å². The maximum atomic E-state index is 10.7. The molecule has 0 fully saturated rings. The molecule has 0 rings (SSSR count). The van der Waals surface area contributed by atoms with Gasteiger partial charge in [0.2, 0.25) is 0 Å². The molecule has 0 saturated carbocycles. The summed E-state index contributed by atoms with van der Waals surface area (Å²) in [6.45, 7) is 7.73. The molecule has 0 bridgehead atoms. The van der Waals surface area contributed by atoms with E-state index < -0.39 is 5.97 Å². The third-order valence-electron chi connectivity index (χ3n) is 2.35. The van der Waals surface area contributed by atoms with E-state index in [1.165, 1.54) is 0 Å². The number of rotatable bonds is 7. The number of hydrogen-bond acceptors (Lipinski definition) is 2. The van der Waals surface area contributed by atoms with Gasteiger partial charge < -0.3 is 10.0 Å². The molecule has 0 aromatic heterocycles. The summed E-state index contributed by atoms with van der Waals surface area (Å²) in [6, 6.07) is 0. The highest BCUT2D eigenvalue weighted by atomic mass is 16.4. The van der Waals surface area contributed by atoms with Gasteiger partial charge in [-0.15, -0.1) is 5.73 Å². The van der Waals surface area contributed by atoms with Crippen LogP contribution in [0.5, 0.6) is 0 Å². The number of allylic oxidation sites excluding steroid dienone is 3. The Balaban J connectivity index is 5.07. The molecule has 0 aliphatic carbocycles. The second-order valence-corrected chi connectivity index (χ2v) is 3.67. The summed E-state index contributed by atoms with van der Waals surface area (Å²) in [5, 5.41) is 8.78. The molecule has 0 aromatic carbocycles. The fourth-order valence-electron chi connectivity index (χ4n) is 1.64. The largest absolute Gasteiger partial charge is 0.480 e. The Kier molecular flexibility index (Phi) is 7.06. The Morgan fingerprint density at radius 1 is 1.50 bits per heavy atom. The topological polar surface area (TPSA) is 40.5 Å². The molecular weight excluding hydrogens is 202 g/mol. The standard InChI is InChI=1S/C13H21NO2/c1-5-8-11(7-3)12(9-6-2)14(4)10-13(15)16/h8H,1,6-7,9-10H2,2-4H3,(H,15,16)/b12-11-. The van der Waals surface area contributed by atoms with Crippen molar-refractivity contribution < 1.29 is 9.90 Å². The Hall–Kier alpha value is -1.47. The molecule has 0 aliphatic rings. The first kappa shape index (κ1) is 14.5. The molecule has 1 N–H and O–H groups in total. The molecule has 0 amide bonds. The van der Waals surface area contributed by atoms with Gasteiger partial charge in [0.1, 0.15) is 6.54 Å². The molecule has 0 radical (unpaired) electrons. The SMILES string of the molecule is C=C=C/C(CC)=C(/CCC)N(C)CC(=O)O. The van der Waals surface area contributed by atoms with Crippen LogP contribution in [-0.2, 0) is 4.79 Å². The summed E-state index contributed by atoms with van der Waals surface area (Å²) in [5.41, 5.74) is 4.94. The van der Waals surface area contributed by atoms with Crippen LogP contribution < -0.4 is 0 Å². The van der Waals surface area contributed by atoms with Gasteiger partial charge >= 0.3 is 5.97 Å². The number of nitrogens with zero attached hydrogens (tertiary/aromatic N) is 1. The Morgan fingerprint density at radius 3 is 2.50 bits per heavy atom. The average molecular weight is 223 g/mol. The summed E-state index contributed by atoms with van der Waals surface area (Å²) < 4.78 is 0. The van der Waals surface area contributed by atoms with E-state index in [1.807, 2.05) is 20.0 Å². The lowest BCUT2D eigenvalue weighted by Gasteiger charge is -2.23. The lowest BCUT2D eigenvalue weighted by molar-refractivity contribution is -0.137. The van der Waals surface area contributed by atoms with Gasteiger partial charge in [0.25, 0.3) is 0 Å². The predicted octanol–water partition coefficient (Wildman–Crippen LogP) is 2.81. The Labute approximate surface area is 97.8 Å². The monoisotopic (exact) mass is 223 g/mol. The molecule has 90 valence electrons. The fraction of sp³-hybridized carbons (Fsp3) is 0.538. The summed E-state index contributed by atoms with van der Waals surface area (Å²) in [5.74, 6) is -0.811. The molecule has 0 spiro atoms. The van der Waals surface area contributed by atoms with Crippen LogP contribution in [0.4, 0.5) is 0 Å². The van der Waals surface area contributed by atoms with Crippen molar-refractivity contribution in [2.24, 2.45) is 0 Å². The number of carbonyl (C=O) groups is 1. The van der Waals surface area contributed by atoms with Gasteiger partial charge in [-0.05, 0) is 24.5 Å². The molecule has 0 atom stereocenters. The van der Waals surface area contributed by atoms with Crippen LogP contribution in [0, 0.1) is 0 Å². The molecule has 3 heteroatoms. The van der Waals surface area contributed by atoms with Gasteiger partial charge in [-0.2, -0.15) is 0 Å². The van der Waals surface area contributed by atoms with Crippen molar-refractivity contribution in [3.05, 3.63) is 29.7 Å². The number of likely N-dealkylation sites (N-methyl/N-ethyl adjacent to an activating group) is 1. The highest BCUT2D eigenvalue weighted by Gasteiger charge is 2.11.